The number of nitrogens with one attached hydrogen (secondary N) is 1. The first-order chi connectivity index (χ1) is 15.2. The molecule has 0 spiro atoms. The van der Waals surface area contributed by atoms with Crippen molar-refractivity contribution in [3.05, 3.63) is 108 Å². The van der Waals surface area contributed by atoms with Crippen LogP contribution in [0, 0.1) is 0 Å². The molecule has 0 fully saturated rings. The van der Waals surface area contributed by atoms with Gasteiger partial charge in [0.15, 0.2) is 0 Å². The van der Waals surface area contributed by atoms with E-state index in [1.165, 1.54) is 11.1 Å². The summed E-state index contributed by atoms with van der Waals surface area (Å²) in [6, 6.07) is 30.7. The molecule has 3 aromatic carbocycles. The lowest BCUT2D eigenvalue weighted by Crippen LogP contribution is -2.33. The lowest BCUT2D eigenvalue weighted by Gasteiger charge is -2.35. The van der Waals surface area contributed by atoms with Gasteiger partial charge in [0.25, 0.3) is 0 Å². The number of para-hydroxylation sites is 1. The third-order valence-corrected chi connectivity index (χ3v) is 5.98. The number of hydrogen-bond acceptors (Lipinski definition) is 2. The molecule has 1 aromatic heterocycles. The van der Waals surface area contributed by atoms with Crippen molar-refractivity contribution in [2.24, 2.45) is 0 Å². The van der Waals surface area contributed by atoms with Crippen LogP contribution < -0.4 is 5.32 Å². The molecule has 4 rings (SSSR count). The fraction of sp³-hybridized carbons (Fsp3) is 0.214. The van der Waals surface area contributed by atoms with Crippen LogP contribution in [-0.2, 0) is 10.2 Å². The molecule has 156 valence electrons. The van der Waals surface area contributed by atoms with Gasteiger partial charge >= 0.3 is 0 Å². The highest BCUT2D eigenvalue weighted by atomic mass is 16.1. The van der Waals surface area contributed by atoms with E-state index in [0.717, 1.165) is 35.9 Å². The number of rotatable bonds is 8. The zero-order chi connectivity index (χ0) is 21.5. The second-order valence-electron chi connectivity index (χ2n) is 8.02. The Morgan fingerprint density at radius 3 is 2.13 bits per heavy atom. The van der Waals surface area contributed by atoms with Gasteiger partial charge in [-0.2, -0.15) is 0 Å². The average molecular weight is 409 g/mol. The van der Waals surface area contributed by atoms with Gasteiger partial charge in [0.05, 0.1) is 11.2 Å². The van der Waals surface area contributed by atoms with Crippen molar-refractivity contribution in [1.82, 2.24) is 4.98 Å². The van der Waals surface area contributed by atoms with Gasteiger partial charge in [-0.3, -0.25) is 9.78 Å². The Morgan fingerprint density at radius 2 is 1.48 bits per heavy atom. The van der Waals surface area contributed by atoms with E-state index < -0.39 is 0 Å². The number of anilines is 1. The molecule has 0 aliphatic rings. The SMILES string of the molecule is CCCCC(CC(=O)Nc1cccc2cccnc12)(c1ccccc1)c1ccccc1. The lowest BCUT2D eigenvalue weighted by atomic mass is 9.68. The maximum atomic E-state index is 13.4. The summed E-state index contributed by atoms with van der Waals surface area (Å²) in [6.45, 7) is 2.20. The van der Waals surface area contributed by atoms with E-state index in [1.807, 2.05) is 42.5 Å². The summed E-state index contributed by atoms with van der Waals surface area (Å²) in [5.74, 6) is 0.00182. The number of nitrogens with zero attached hydrogens (tertiary/aromatic N) is 1. The fourth-order valence-corrected chi connectivity index (χ4v) is 4.41. The van der Waals surface area contributed by atoms with Crippen molar-refractivity contribution in [2.45, 2.75) is 38.0 Å². The molecule has 3 heteroatoms. The summed E-state index contributed by atoms with van der Waals surface area (Å²) >= 11 is 0. The maximum absolute atomic E-state index is 13.4. The molecule has 0 atom stereocenters. The largest absolute Gasteiger partial charge is 0.324 e. The molecule has 31 heavy (non-hydrogen) atoms. The molecule has 3 nitrogen and oxygen atoms in total. The van der Waals surface area contributed by atoms with Crippen LogP contribution in [0.4, 0.5) is 5.69 Å². The summed E-state index contributed by atoms with van der Waals surface area (Å²) in [5.41, 5.74) is 3.56. The smallest absolute Gasteiger partial charge is 0.225 e. The average Bonchev–Trinajstić information content (AvgIpc) is 2.83. The quantitative estimate of drug-likeness (QED) is 0.351. The molecule has 0 saturated carbocycles. The molecule has 0 bridgehead atoms. The number of amides is 1. The standard InChI is InChI=1S/C28H28N2O/c1-2-3-19-28(23-14-6-4-7-15-23,24-16-8-5-9-17-24)21-26(31)30-25-18-10-12-22-13-11-20-29-27(22)25/h4-18,20H,2-3,19,21H2,1H3,(H,30,31). The highest BCUT2D eigenvalue weighted by Gasteiger charge is 2.36. The van der Waals surface area contributed by atoms with E-state index in [0.29, 0.717) is 6.42 Å². The van der Waals surface area contributed by atoms with Crippen molar-refractivity contribution < 1.29 is 4.79 Å². The second kappa shape index (κ2) is 9.57. The summed E-state index contributed by atoms with van der Waals surface area (Å²) in [4.78, 5) is 17.9. The molecular weight excluding hydrogens is 380 g/mol. The Balaban J connectivity index is 1.72. The minimum Gasteiger partial charge on any atom is -0.324 e. The highest BCUT2D eigenvalue weighted by Crippen LogP contribution is 2.40. The van der Waals surface area contributed by atoms with Crippen LogP contribution in [0.5, 0.6) is 0 Å². The number of hydrogen-bond donors (Lipinski definition) is 1. The van der Waals surface area contributed by atoms with Crippen molar-refractivity contribution in [3.8, 4) is 0 Å². The van der Waals surface area contributed by atoms with Crippen LogP contribution >= 0.6 is 0 Å². The van der Waals surface area contributed by atoms with E-state index in [4.69, 9.17) is 0 Å². The number of carbonyl (C=O) groups excluding carboxylic acids is 1. The summed E-state index contributed by atoms with van der Waals surface area (Å²) in [7, 11) is 0. The predicted molar refractivity (Wildman–Crippen MR) is 128 cm³/mol. The first-order valence-electron chi connectivity index (χ1n) is 11.0. The minimum absolute atomic E-state index is 0.00182. The third kappa shape index (κ3) is 4.51. The first-order valence-corrected chi connectivity index (χ1v) is 11.0. The number of unbranched alkanes of at least 4 members (excludes halogenated alkanes) is 1. The van der Waals surface area contributed by atoms with Crippen molar-refractivity contribution in [1.29, 1.82) is 0 Å². The van der Waals surface area contributed by atoms with Crippen LogP contribution in [0.2, 0.25) is 0 Å². The number of pyridine rings is 1. The number of fused-ring (bicyclic) bond motifs is 1. The normalized spacial score (nSPS) is 11.4. The number of carbonyl (C=O) groups is 1. The van der Waals surface area contributed by atoms with Crippen molar-refractivity contribution >= 4 is 22.5 Å². The molecule has 0 aliphatic heterocycles. The Labute approximate surface area is 184 Å². The van der Waals surface area contributed by atoms with E-state index in [9.17, 15) is 4.79 Å². The van der Waals surface area contributed by atoms with Crippen LogP contribution in [0.1, 0.15) is 43.7 Å². The van der Waals surface area contributed by atoms with Gasteiger partial charge < -0.3 is 5.32 Å². The summed E-state index contributed by atoms with van der Waals surface area (Å²) in [6.07, 6.45) is 5.18. The van der Waals surface area contributed by atoms with Gasteiger partial charge in [0.1, 0.15) is 0 Å². The van der Waals surface area contributed by atoms with Gasteiger partial charge in [-0.1, -0.05) is 98.6 Å². The zero-order valence-corrected chi connectivity index (χ0v) is 17.9. The molecule has 4 aromatic rings. The Bertz CT molecular complexity index is 1090. The van der Waals surface area contributed by atoms with Crippen LogP contribution in [0.15, 0.2) is 97.2 Å². The summed E-state index contributed by atoms with van der Waals surface area (Å²) in [5, 5.41) is 4.17. The van der Waals surface area contributed by atoms with E-state index >= 15 is 0 Å². The van der Waals surface area contributed by atoms with Crippen LogP contribution in [-0.4, -0.2) is 10.9 Å². The molecule has 1 N–H and O–H groups in total. The van der Waals surface area contributed by atoms with Gasteiger partial charge in [0, 0.05) is 23.4 Å². The van der Waals surface area contributed by atoms with Crippen molar-refractivity contribution in [3.63, 3.8) is 0 Å². The van der Waals surface area contributed by atoms with Gasteiger partial charge in [-0.15, -0.1) is 0 Å². The fourth-order valence-electron chi connectivity index (χ4n) is 4.41. The molecule has 1 amide bonds. The van der Waals surface area contributed by atoms with E-state index in [1.54, 1.807) is 6.20 Å². The van der Waals surface area contributed by atoms with Gasteiger partial charge in [0.2, 0.25) is 5.91 Å². The van der Waals surface area contributed by atoms with Crippen LogP contribution in [0.3, 0.4) is 0 Å². The Hall–Kier alpha value is -3.46. The Morgan fingerprint density at radius 1 is 0.839 bits per heavy atom. The molecular formula is C28H28N2O. The minimum atomic E-state index is -0.374. The van der Waals surface area contributed by atoms with E-state index in [2.05, 4.69) is 65.8 Å². The van der Waals surface area contributed by atoms with E-state index in [-0.39, 0.29) is 11.3 Å². The van der Waals surface area contributed by atoms with Crippen molar-refractivity contribution in [2.75, 3.05) is 5.32 Å². The zero-order valence-electron chi connectivity index (χ0n) is 17.9. The predicted octanol–water partition coefficient (Wildman–Crippen LogP) is 6.74. The Kier molecular flexibility index (Phi) is 6.42. The highest BCUT2D eigenvalue weighted by molar-refractivity contribution is 6.00. The maximum Gasteiger partial charge on any atom is 0.225 e. The number of benzene rings is 3. The van der Waals surface area contributed by atoms with Gasteiger partial charge in [-0.05, 0) is 29.7 Å². The van der Waals surface area contributed by atoms with Crippen LogP contribution in [0.25, 0.3) is 10.9 Å². The monoisotopic (exact) mass is 408 g/mol. The van der Waals surface area contributed by atoms with Gasteiger partial charge in [-0.25, -0.2) is 0 Å². The molecule has 1 heterocycles. The third-order valence-electron chi connectivity index (χ3n) is 5.98. The molecule has 0 aliphatic carbocycles. The summed E-state index contributed by atoms with van der Waals surface area (Å²) < 4.78 is 0. The topological polar surface area (TPSA) is 42.0 Å². The molecule has 0 unspecified atom stereocenters. The molecule has 0 radical (unpaired) electrons. The second-order valence-corrected chi connectivity index (χ2v) is 8.02. The molecule has 0 saturated heterocycles. The lowest BCUT2D eigenvalue weighted by molar-refractivity contribution is -0.117. The number of aromatic nitrogens is 1. The first kappa shape index (κ1) is 20.8.